The number of esters is 1. The van der Waals surface area contributed by atoms with Gasteiger partial charge in [0.05, 0.1) is 12.5 Å². The predicted molar refractivity (Wildman–Crippen MR) is 78.0 cm³/mol. The fraction of sp³-hybridized carbons (Fsp3) is 0.875. The van der Waals surface area contributed by atoms with Gasteiger partial charge in [0.15, 0.2) is 0 Å². The minimum atomic E-state index is -0.258. The van der Waals surface area contributed by atoms with Crippen LogP contribution in [0.1, 0.15) is 72.6 Å². The summed E-state index contributed by atoms with van der Waals surface area (Å²) in [7, 11) is 0. The van der Waals surface area contributed by atoms with Gasteiger partial charge in [-0.3, -0.25) is 9.59 Å². The number of hydrogen-bond acceptors (Lipinski definition) is 3. The summed E-state index contributed by atoms with van der Waals surface area (Å²) >= 11 is 0. The Hall–Kier alpha value is -0.860. The SMILES string of the molecule is CCCCOC(=O)C(CC)C(CC)C(=O)CCCC. The molecule has 0 heterocycles. The molecule has 0 amide bonds. The van der Waals surface area contributed by atoms with E-state index in [2.05, 4.69) is 13.8 Å². The number of Topliss-reactive ketones (excluding diaryl/α,β-unsaturated/α-hetero) is 1. The van der Waals surface area contributed by atoms with Crippen molar-refractivity contribution in [3.05, 3.63) is 0 Å². The highest BCUT2D eigenvalue weighted by atomic mass is 16.5. The van der Waals surface area contributed by atoms with E-state index in [1.54, 1.807) is 0 Å². The van der Waals surface area contributed by atoms with E-state index >= 15 is 0 Å². The third-order valence-corrected chi connectivity index (χ3v) is 3.60. The zero-order valence-corrected chi connectivity index (χ0v) is 13.0. The van der Waals surface area contributed by atoms with E-state index in [4.69, 9.17) is 4.74 Å². The molecular weight excluding hydrogens is 240 g/mol. The Morgan fingerprint density at radius 2 is 1.47 bits per heavy atom. The molecule has 112 valence electrons. The molecule has 0 aliphatic rings. The molecular formula is C16H30O3. The van der Waals surface area contributed by atoms with Crippen LogP contribution >= 0.6 is 0 Å². The first-order valence-electron chi connectivity index (χ1n) is 7.81. The molecule has 0 aliphatic heterocycles. The maximum atomic E-state index is 12.2. The average Bonchev–Trinajstić information content (AvgIpc) is 2.41. The van der Waals surface area contributed by atoms with Gasteiger partial charge in [-0.25, -0.2) is 0 Å². The van der Waals surface area contributed by atoms with Crippen molar-refractivity contribution in [2.24, 2.45) is 11.8 Å². The van der Waals surface area contributed by atoms with Gasteiger partial charge in [-0.15, -0.1) is 0 Å². The van der Waals surface area contributed by atoms with E-state index in [1.165, 1.54) is 0 Å². The summed E-state index contributed by atoms with van der Waals surface area (Å²) in [5.74, 6) is -0.381. The second-order valence-electron chi connectivity index (χ2n) is 5.12. The van der Waals surface area contributed by atoms with Gasteiger partial charge < -0.3 is 4.74 Å². The van der Waals surface area contributed by atoms with E-state index in [9.17, 15) is 9.59 Å². The fourth-order valence-electron chi connectivity index (χ4n) is 2.31. The number of hydrogen-bond donors (Lipinski definition) is 0. The molecule has 3 heteroatoms. The first-order valence-corrected chi connectivity index (χ1v) is 7.81. The number of unbranched alkanes of at least 4 members (excludes halogenated alkanes) is 2. The fourth-order valence-corrected chi connectivity index (χ4v) is 2.31. The molecule has 0 aromatic carbocycles. The van der Waals surface area contributed by atoms with Crippen LogP contribution in [0.2, 0.25) is 0 Å². The molecule has 0 aromatic heterocycles. The number of carbonyl (C=O) groups is 2. The van der Waals surface area contributed by atoms with Crippen molar-refractivity contribution < 1.29 is 14.3 Å². The molecule has 0 fully saturated rings. The molecule has 2 unspecified atom stereocenters. The summed E-state index contributed by atoms with van der Waals surface area (Å²) in [4.78, 5) is 24.2. The van der Waals surface area contributed by atoms with Crippen LogP contribution in [0.4, 0.5) is 0 Å². The summed E-state index contributed by atoms with van der Waals surface area (Å²) in [5.41, 5.74) is 0. The summed E-state index contributed by atoms with van der Waals surface area (Å²) in [6.45, 7) is 8.56. The van der Waals surface area contributed by atoms with Crippen LogP contribution in [0, 0.1) is 11.8 Å². The van der Waals surface area contributed by atoms with Crippen molar-refractivity contribution in [3.8, 4) is 0 Å². The zero-order valence-electron chi connectivity index (χ0n) is 13.0. The first kappa shape index (κ1) is 18.1. The third kappa shape index (κ3) is 6.74. The predicted octanol–water partition coefficient (Wildman–Crippen LogP) is 4.14. The molecule has 0 aromatic rings. The first-order chi connectivity index (χ1) is 9.12. The van der Waals surface area contributed by atoms with Crippen LogP contribution in [0.25, 0.3) is 0 Å². The largest absolute Gasteiger partial charge is 0.465 e. The number of carbonyl (C=O) groups excluding carboxylic acids is 2. The standard InChI is InChI=1S/C16H30O3/c1-5-9-11-15(17)13(7-3)14(8-4)16(18)19-12-10-6-2/h13-14H,5-12H2,1-4H3. The van der Waals surface area contributed by atoms with Crippen LogP contribution in [0.15, 0.2) is 0 Å². The lowest BCUT2D eigenvalue weighted by atomic mass is 9.83. The van der Waals surface area contributed by atoms with Gasteiger partial charge in [0.25, 0.3) is 0 Å². The third-order valence-electron chi connectivity index (χ3n) is 3.60. The Kier molecular flexibility index (Phi) is 10.5. The van der Waals surface area contributed by atoms with Gasteiger partial charge in [0.1, 0.15) is 5.78 Å². The van der Waals surface area contributed by atoms with Gasteiger partial charge in [-0.2, -0.15) is 0 Å². The smallest absolute Gasteiger partial charge is 0.309 e. The molecule has 0 aliphatic carbocycles. The van der Waals surface area contributed by atoms with Crippen LogP contribution in [-0.2, 0) is 14.3 Å². The molecule has 0 saturated heterocycles. The second-order valence-corrected chi connectivity index (χ2v) is 5.12. The highest BCUT2D eigenvalue weighted by Crippen LogP contribution is 2.24. The highest BCUT2D eigenvalue weighted by Gasteiger charge is 2.31. The molecule has 0 bridgehead atoms. The van der Waals surface area contributed by atoms with E-state index in [0.717, 1.165) is 32.1 Å². The Morgan fingerprint density at radius 1 is 0.895 bits per heavy atom. The van der Waals surface area contributed by atoms with E-state index in [1.807, 2.05) is 13.8 Å². The minimum absolute atomic E-state index is 0.161. The molecule has 0 rings (SSSR count). The summed E-state index contributed by atoms with van der Waals surface area (Å²) < 4.78 is 5.28. The normalized spacial score (nSPS) is 13.9. The molecule has 0 saturated carbocycles. The van der Waals surface area contributed by atoms with Gasteiger partial charge in [0.2, 0.25) is 0 Å². The second kappa shape index (κ2) is 11.0. The van der Waals surface area contributed by atoms with Gasteiger partial charge in [0, 0.05) is 12.3 Å². The molecule has 0 N–H and O–H groups in total. The Morgan fingerprint density at radius 3 is 1.95 bits per heavy atom. The lowest BCUT2D eigenvalue weighted by Gasteiger charge is -2.22. The summed E-state index contributed by atoms with van der Waals surface area (Å²) in [5, 5.41) is 0. The average molecular weight is 270 g/mol. The zero-order chi connectivity index (χ0) is 14.7. The van der Waals surface area contributed by atoms with Crippen LogP contribution in [0.5, 0.6) is 0 Å². The lowest BCUT2D eigenvalue weighted by molar-refractivity contribution is -0.153. The Bertz CT molecular complexity index is 261. The van der Waals surface area contributed by atoms with E-state index in [-0.39, 0.29) is 23.6 Å². The molecule has 2 atom stereocenters. The molecule has 0 spiro atoms. The maximum Gasteiger partial charge on any atom is 0.309 e. The monoisotopic (exact) mass is 270 g/mol. The molecule has 3 nitrogen and oxygen atoms in total. The molecule has 19 heavy (non-hydrogen) atoms. The van der Waals surface area contributed by atoms with E-state index in [0.29, 0.717) is 19.4 Å². The van der Waals surface area contributed by atoms with Crippen molar-refractivity contribution in [1.29, 1.82) is 0 Å². The van der Waals surface area contributed by atoms with Crippen molar-refractivity contribution in [1.82, 2.24) is 0 Å². The minimum Gasteiger partial charge on any atom is -0.465 e. The number of rotatable bonds is 11. The number of ketones is 1. The maximum absolute atomic E-state index is 12.2. The van der Waals surface area contributed by atoms with Gasteiger partial charge in [-0.1, -0.05) is 40.5 Å². The topological polar surface area (TPSA) is 43.4 Å². The van der Waals surface area contributed by atoms with Crippen molar-refractivity contribution in [3.63, 3.8) is 0 Å². The van der Waals surface area contributed by atoms with Crippen molar-refractivity contribution >= 4 is 11.8 Å². The molecule has 0 radical (unpaired) electrons. The van der Waals surface area contributed by atoms with Gasteiger partial charge >= 0.3 is 5.97 Å². The lowest BCUT2D eigenvalue weighted by Crippen LogP contribution is -2.31. The van der Waals surface area contributed by atoms with Crippen molar-refractivity contribution in [2.45, 2.75) is 72.6 Å². The summed E-state index contributed by atoms with van der Waals surface area (Å²) in [6.07, 6.45) is 5.83. The van der Waals surface area contributed by atoms with Crippen molar-refractivity contribution in [2.75, 3.05) is 6.61 Å². The van der Waals surface area contributed by atoms with Crippen LogP contribution in [0.3, 0.4) is 0 Å². The van der Waals surface area contributed by atoms with Crippen LogP contribution in [-0.4, -0.2) is 18.4 Å². The van der Waals surface area contributed by atoms with E-state index < -0.39 is 0 Å². The Labute approximate surface area is 118 Å². The summed E-state index contributed by atoms with van der Waals surface area (Å²) in [6, 6.07) is 0. The quantitative estimate of drug-likeness (QED) is 0.418. The van der Waals surface area contributed by atoms with Crippen LogP contribution < -0.4 is 0 Å². The number of ether oxygens (including phenoxy) is 1. The Balaban J connectivity index is 4.50. The highest BCUT2D eigenvalue weighted by molar-refractivity contribution is 5.86. The van der Waals surface area contributed by atoms with Gasteiger partial charge in [-0.05, 0) is 25.7 Å².